The van der Waals surface area contributed by atoms with Crippen LogP contribution in [0.4, 0.5) is 0 Å². The smallest absolute Gasteiger partial charge is 0.228 e. The number of carbonyl (C=O) groups is 2. The number of nitrogens with zero attached hydrogens (tertiary/aromatic N) is 2. The average molecular weight is 360 g/mol. The predicted molar refractivity (Wildman–Crippen MR) is 97.3 cm³/mol. The Balaban J connectivity index is 1.28. The van der Waals surface area contributed by atoms with Gasteiger partial charge in [0.2, 0.25) is 11.8 Å². The third-order valence-electron chi connectivity index (χ3n) is 7.87. The standard InChI is InChI=1S/C21H32N2O3/c24-19(22-4-6-26-7-5-22)18-2-1-3-23(14-18)20(25)21-11-15-8-16(12-21)10-17(9-15)13-21/h15-18H,1-14H2. The minimum absolute atomic E-state index is 0.000266. The van der Waals surface area contributed by atoms with Crippen LogP contribution < -0.4 is 0 Å². The fourth-order valence-corrected chi connectivity index (χ4v) is 7.11. The van der Waals surface area contributed by atoms with Crippen molar-refractivity contribution in [2.75, 3.05) is 39.4 Å². The molecule has 6 rings (SSSR count). The van der Waals surface area contributed by atoms with Crippen molar-refractivity contribution in [3.63, 3.8) is 0 Å². The maximum absolute atomic E-state index is 13.6. The Hall–Kier alpha value is -1.10. The summed E-state index contributed by atoms with van der Waals surface area (Å²) < 4.78 is 5.38. The molecule has 5 heteroatoms. The largest absolute Gasteiger partial charge is 0.378 e. The van der Waals surface area contributed by atoms with Crippen LogP contribution in [0, 0.1) is 29.1 Å². The molecule has 2 saturated heterocycles. The van der Waals surface area contributed by atoms with Gasteiger partial charge < -0.3 is 14.5 Å². The number of hydrogen-bond donors (Lipinski definition) is 0. The third-order valence-corrected chi connectivity index (χ3v) is 7.87. The molecule has 2 aliphatic heterocycles. The van der Waals surface area contributed by atoms with Gasteiger partial charge in [0.25, 0.3) is 0 Å². The molecule has 4 aliphatic carbocycles. The lowest BCUT2D eigenvalue weighted by Gasteiger charge is -2.57. The number of ether oxygens (including phenoxy) is 1. The van der Waals surface area contributed by atoms with Gasteiger partial charge >= 0.3 is 0 Å². The van der Waals surface area contributed by atoms with Gasteiger partial charge in [-0.2, -0.15) is 0 Å². The molecule has 1 unspecified atom stereocenters. The molecule has 4 saturated carbocycles. The predicted octanol–water partition coefficient (Wildman–Crippen LogP) is 2.30. The molecule has 4 bridgehead atoms. The Morgan fingerprint density at radius 2 is 1.46 bits per heavy atom. The maximum atomic E-state index is 13.6. The molecule has 0 radical (unpaired) electrons. The van der Waals surface area contributed by atoms with Crippen LogP contribution in [-0.4, -0.2) is 61.0 Å². The summed E-state index contributed by atoms with van der Waals surface area (Å²) in [5.41, 5.74) is -0.0708. The van der Waals surface area contributed by atoms with E-state index in [-0.39, 0.29) is 17.2 Å². The van der Waals surface area contributed by atoms with E-state index in [1.807, 2.05) is 4.90 Å². The number of carbonyl (C=O) groups excluding carboxylic acids is 2. The van der Waals surface area contributed by atoms with Crippen LogP contribution in [0.15, 0.2) is 0 Å². The van der Waals surface area contributed by atoms with Crippen LogP contribution in [0.1, 0.15) is 51.4 Å². The Bertz CT molecular complexity index is 549. The zero-order valence-corrected chi connectivity index (χ0v) is 15.8. The zero-order chi connectivity index (χ0) is 17.7. The number of piperidine rings is 1. The molecule has 0 aromatic rings. The van der Waals surface area contributed by atoms with Crippen LogP contribution in [0.25, 0.3) is 0 Å². The lowest BCUT2D eigenvalue weighted by molar-refractivity contribution is -0.161. The molecular weight excluding hydrogens is 328 g/mol. The quantitative estimate of drug-likeness (QED) is 0.759. The van der Waals surface area contributed by atoms with Crippen molar-refractivity contribution in [1.82, 2.24) is 9.80 Å². The molecule has 5 nitrogen and oxygen atoms in total. The van der Waals surface area contributed by atoms with E-state index in [0.29, 0.717) is 38.8 Å². The molecule has 1 atom stereocenters. The molecular formula is C21H32N2O3. The summed E-state index contributed by atoms with van der Waals surface area (Å²) in [6.45, 7) is 4.21. The number of rotatable bonds is 2. The first-order valence-corrected chi connectivity index (χ1v) is 10.8. The van der Waals surface area contributed by atoms with Crippen LogP contribution in [0.3, 0.4) is 0 Å². The van der Waals surface area contributed by atoms with Gasteiger partial charge in [-0.15, -0.1) is 0 Å². The van der Waals surface area contributed by atoms with E-state index in [4.69, 9.17) is 4.74 Å². The highest BCUT2D eigenvalue weighted by Crippen LogP contribution is 2.60. The minimum atomic E-state index is -0.0708. The first-order valence-electron chi connectivity index (χ1n) is 10.8. The van der Waals surface area contributed by atoms with Crippen LogP contribution in [-0.2, 0) is 14.3 Å². The lowest BCUT2D eigenvalue weighted by Crippen LogP contribution is -2.57. The van der Waals surface area contributed by atoms with Gasteiger partial charge in [0, 0.05) is 26.2 Å². The molecule has 0 spiro atoms. The van der Waals surface area contributed by atoms with Gasteiger partial charge in [-0.05, 0) is 69.1 Å². The average Bonchev–Trinajstić information content (AvgIpc) is 2.66. The van der Waals surface area contributed by atoms with E-state index >= 15 is 0 Å². The number of likely N-dealkylation sites (tertiary alicyclic amines) is 1. The fraction of sp³-hybridized carbons (Fsp3) is 0.905. The minimum Gasteiger partial charge on any atom is -0.378 e. The highest BCUT2D eigenvalue weighted by molar-refractivity contribution is 5.85. The highest BCUT2D eigenvalue weighted by atomic mass is 16.5. The van der Waals surface area contributed by atoms with Crippen molar-refractivity contribution < 1.29 is 14.3 Å². The summed E-state index contributed by atoms with van der Waals surface area (Å²) in [6.07, 6.45) is 9.36. The topological polar surface area (TPSA) is 49.9 Å². The fourth-order valence-electron chi connectivity index (χ4n) is 7.11. The van der Waals surface area contributed by atoms with Gasteiger partial charge in [0.15, 0.2) is 0 Å². The van der Waals surface area contributed by atoms with Crippen molar-refractivity contribution in [3.05, 3.63) is 0 Å². The Morgan fingerprint density at radius 1 is 0.846 bits per heavy atom. The normalized spacial score (nSPS) is 42.2. The summed E-state index contributed by atoms with van der Waals surface area (Å²) >= 11 is 0. The van der Waals surface area contributed by atoms with Gasteiger partial charge in [0.1, 0.15) is 0 Å². The van der Waals surface area contributed by atoms with Gasteiger partial charge in [-0.1, -0.05) is 0 Å². The molecule has 0 N–H and O–H groups in total. The van der Waals surface area contributed by atoms with Gasteiger partial charge in [0.05, 0.1) is 24.5 Å². The summed E-state index contributed by atoms with van der Waals surface area (Å²) in [7, 11) is 0. The molecule has 26 heavy (non-hydrogen) atoms. The van der Waals surface area contributed by atoms with Crippen molar-refractivity contribution in [1.29, 1.82) is 0 Å². The lowest BCUT2D eigenvalue weighted by atomic mass is 9.49. The highest BCUT2D eigenvalue weighted by Gasteiger charge is 2.55. The van der Waals surface area contributed by atoms with Crippen molar-refractivity contribution in [2.45, 2.75) is 51.4 Å². The van der Waals surface area contributed by atoms with Crippen molar-refractivity contribution in [2.24, 2.45) is 29.1 Å². The SMILES string of the molecule is O=C(C1CCCN(C(=O)C23CC4CC(CC(C4)C2)C3)C1)N1CCOCC1. The molecule has 2 heterocycles. The maximum Gasteiger partial charge on any atom is 0.228 e. The van der Waals surface area contributed by atoms with E-state index in [0.717, 1.165) is 56.4 Å². The van der Waals surface area contributed by atoms with Gasteiger partial charge in [-0.3, -0.25) is 9.59 Å². The van der Waals surface area contributed by atoms with E-state index in [2.05, 4.69) is 4.90 Å². The van der Waals surface area contributed by atoms with Gasteiger partial charge in [-0.25, -0.2) is 0 Å². The summed E-state index contributed by atoms with van der Waals surface area (Å²) in [5, 5.41) is 0. The number of hydrogen-bond acceptors (Lipinski definition) is 3. The van der Waals surface area contributed by atoms with Crippen LogP contribution in [0.5, 0.6) is 0 Å². The van der Waals surface area contributed by atoms with E-state index in [1.54, 1.807) is 0 Å². The van der Waals surface area contributed by atoms with Crippen molar-refractivity contribution >= 4 is 11.8 Å². The molecule has 0 aromatic heterocycles. The second-order valence-corrected chi connectivity index (χ2v) is 9.73. The number of amides is 2. The molecule has 144 valence electrons. The van der Waals surface area contributed by atoms with E-state index < -0.39 is 0 Å². The monoisotopic (exact) mass is 360 g/mol. The van der Waals surface area contributed by atoms with E-state index in [1.165, 1.54) is 19.3 Å². The molecule has 6 fully saturated rings. The van der Waals surface area contributed by atoms with E-state index in [9.17, 15) is 9.59 Å². The second kappa shape index (κ2) is 6.50. The Labute approximate surface area is 156 Å². The van der Waals surface area contributed by atoms with Crippen LogP contribution in [0.2, 0.25) is 0 Å². The molecule has 2 amide bonds. The third kappa shape index (κ3) is 2.87. The van der Waals surface area contributed by atoms with Crippen LogP contribution >= 0.6 is 0 Å². The molecule has 6 aliphatic rings. The Kier molecular flexibility index (Phi) is 4.26. The summed E-state index contributed by atoms with van der Waals surface area (Å²) in [6, 6.07) is 0. The summed E-state index contributed by atoms with van der Waals surface area (Å²) in [4.78, 5) is 30.5. The summed E-state index contributed by atoms with van der Waals surface area (Å²) in [5.74, 6) is 3.02. The Morgan fingerprint density at radius 3 is 2.08 bits per heavy atom. The zero-order valence-electron chi connectivity index (χ0n) is 15.8. The molecule has 0 aromatic carbocycles. The second-order valence-electron chi connectivity index (χ2n) is 9.73. The number of morpholine rings is 1. The first-order chi connectivity index (χ1) is 12.6. The first kappa shape index (κ1) is 17.0. The van der Waals surface area contributed by atoms with Crippen molar-refractivity contribution in [3.8, 4) is 0 Å².